The lowest BCUT2D eigenvalue weighted by Crippen LogP contribution is -2.32. The molecule has 0 spiro atoms. The van der Waals surface area contributed by atoms with Crippen LogP contribution in [0.3, 0.4) is 0 Å². The van der Waals surface area contributed by atoms with Gasteiger partial charge in [0.15, 0.2) is 11.5 Å². The number of anilines is 1. The third-order valence-electron chi connectivity index (χ3n) is 3.35. The average molecular weight is 318 g/mol. The lowest BCUT2D eigenvalue weighted by Gasteiger charge is -2.13. The number of hydrogen-bond donors (Lipinski definition) is 3. The number of amides is 2. The standard InChI is InChI=1S/C16H15FN2O4/c17-12-4-2-1-3-11(12)13(20)8-18-16(21)19-10-5-6-14-15(7-10)23-9-22-14/h1-7,13,20H,8-9H2,(H2,18,19,21)/t13-/m0/s1. The molecule has 3 rings (SSSR count). The van der Waals surface area contributed by atoms with Crippen LogP contribution in [-0.4, -0.2) is 24.5 Å². The number of carbonyl (C=O) groups excluding carboxylic acids is 1. The second-order valence-corrected chi connectivity index (χ2v) is 4.94. The minimum atomic E-state index is -1.13. The maximum absolute atomic E-state index is 13.5. The quantitative estimate of drug-likeness (QED) is 0.809. The van der Waals surface area contributed by atoms with Crippen LogP contribution in [0.4, 0.5) is 14.9 Å². The Kier molecular flexibility index (Phi) is 4.29. The van der Waals surface area contributed by atoms with Crippen LogP contribution >= 0.6 is 0 Å². The van der Waals surface area contributed by atoms with E-state index in [0.717, 1.165) is 0 Å². The van der Waals surface area contributed by atoms with Gasteiger partial charge >= 0.3 is 6.03 Å². The topological polar surface area (TPSA) is 79.8 Å². The SMILES string of the molecule is O=C(NC[C@H](O)c1ccccc1F)Nc1ccc2c(c1)OCO2. The number of ether oxygens (including phenoxy) is 2. The predicted octanol–water partition coefficient (Wildman–Crippen LogP) is 2.41. The maximum atomic E-state index is 13.5. The van der Waals surface area contributed by atoms with Crippen molar-refractivity contribution in [3.05, 3.63) is 53.8 Å². The molecule has 6 nitrogen and oxygen atoms in total. The van der Waals surface area contributed by atoms with Gasteiger partial charge in [-0.3, -0.25) is 0 Å². The fourth-order valence-electron chi connectivity index (χ4n) is 2.19. The number of aliphatic hydroxyl groups excluding tert-OH is 1. The summed E-state index contributed by atoms with van der Waals surface area (Å²) < 4.78 is 23.9. The van der Waals surface area contributed by atoms with Crippen molar-refractivity contribution < 1.29 is 23.8 Å². The average Bonchev–Trinajstić information content (AvgIpc) is 3.01. The van der Waals surface area contributed by atoms with Gasteiger partial charge in [0.2, 0.25) is 6.79 Å². The van der Waals surface area contributed by atoms with Crippen LogP contribution in [0, 0.1) is 5.82 Å². The fraction of sp³-hybridized carbons (Fsp3) is 0.188. The molecule has 1 atom stereocenters. The lowest BCUT2D eigenvalue weighted by atomic mass is 10.1. The van der Waals surface area contributed by atoms with Gasteiger partial charge in [-0.1, -0.05) is 18.2 Å². The van der Waals surface area contributed by atoms with Gasteiger partial charge in [0.1, 0.15) is 5.82 Å². The zero-order chi connectivity index (χ0) is 16.2. The monoisotopic (exact) mass is 318 g/mol. The number of urea groups is 1. The Bertz CT molecular complexity index is 723. The zero-order valence-corrected chi connectivity index (χ0v) is 12.1. The Hall–Kier alpha value is -2.80. The normalized spacial score (nSPS) is 13.5. The molecule has 120 valence electrons. The van der Waals surface area contributed by atoms with Crippen molar-refractivity contribution in [1.29, 1.82) is 0 Å². The van der Waals surface area contributed by atoms with Crippen LogP contribution in [0.5, 0.6) is 11.5 Å². The van der Waals surface area contributed by atoms with E-state index in [0.29, 0.717) is 17.2 Å². The number of aliphatic hydroxyl groups is 1. The van der Waals surface area contributed by atoms with E-state index in [9.17, 15) is 14.3 Å². The molecular weight excluding hydrogens is 303 g/mol. The highest BCUT2D eigenvalue weighted by molar-refractivity contribution is 5.89. The molecular formula is C16H15FN2O4. The molecule has 1 aliphatic rings. The molecule has 0 aromatic heterocycles. The molecule has 1 heterocycles. The highest BCUT2D eigenvalue weighted by atomic mass is 19.1. The van der Waals surface area contributed by atoms with E-state index in [4.69, 9.17) is 9.47 Å². The van der Waals surface area contributed by atoms with Gasteiger partial charge in [0.25, 0.3) is 0 Å². The van der Waals surface area contributed by atoms with Gasteiger partial charge in [-0.15, -0.1) is 0 Å². The van der Waals surface area contributed by atoms with Crippen molar-refractivity contribution in [3.8, 4) is 11.5 Å². The van der Waals surface area contributed by atoms with E-state index < -0.39 is 18.0 Å². The van der Waals surface area contributed by atoms with Crippen LogP contribution in [0.1, 0.15) is 11.7 Å². The van der Waals surface area contributed by atoms with Crippen molar-refractivity contribution in [2.45, 2.75) is 6.10 Å². The molecule has 2 aromatic rings. The Morgan fingerprint density at radius 1 is 1.22 bits per heavy atom. The summed E-state index contributed by atoms with van der Waals surface area (Å²) in [6.07, 6.45) is -1.13. The maximum Gasteiger partial charge on any atom is 0.319 e. The Morgan fingerprint density at radius 2 is 2.00 bits per heavy atom. The summed E-state index contributed by atoms with van der Waals surface area (Å²) in [4.78, 5) is 11.8. The zero-order valence-electron chi connectivity index (χ0n) is 12.1. The fourth-order valence-corrected chi connectivity index (χ4v) is 2.19. The van der Waals surface area contributed by atoms with E-state index in [2.05, 4.69) is 10.6 Å². The number of halogens is 1. The van der Waals surface area contributed by atoms with Gasteiger partial charge in [-0.25, -0.2) is 9.18 Å². The van der Waals surface area contributed by atoms with Gasteiger partial charge in [-0.2, -0.15) is 0 Å². The Labute approximate surface area is 131 Å². The van der Waals surface area contributed by atoms with E-state index in [1.165, 1.54) is 18.2 Å². The second kappa shape index (κ2) is 6.53. The first-order valence-electron chi connectivity index (χ1n) is 7.00. The first-order valence-corrected chi connectivity index (χ1v) is 7.00. The van der Waals surface area contributed by atoms with Crippen molar-refractivity contribution in [3.63, 3.8) is 0 Å². The van der Waals surface area contributed by atoms with E-state index in [1.807, 2.05) is 0 Å². The van der Waals surface area contributed by atoms with Gasteiger partial charge < -0.3 is 25.2 Å². The largest absolute Gasteiger partial charge is 0.454 e. The number of hydrogen-bond acceptors (Lipinski definition) is 4. The first kappa shape index (κ1) is 15.1. The summed E-state index contributed by atoms with van der Waals surface area (Å²) in [5.41, 5.74) is 0.656. The molecule has 1 aliphatic heterocycles. The smallest absolute Gasteiger partial charge is 0.319 e. The number of nitrogens with one attached hydrogen (secondary N) is 2. The molecule has 3 N–H and O–H groups in total. The van der Waals surface area contributed by atoms with E-state index >= 15 is 0 Å². The van der Waals surface area contributed by atoms with Crippen molar-refractivity contribution in [1.82, 2.24) is 5.32 Å². The third-order valence-corrected chi connectivity index (χ3v) is 3.35. The second-order valence-electron chi connectivity index (χ2n) is 4.94. The number of carbonyl (C=O) groups is 1. The van der Waals surface area contributed by atoms with Crippen LogP contribution in [0.15, 0.2) is 42.5 Å². The third kappa shape index (κ3) is 3.51. The molecule has 0 fully saturated rings. The molecule has 23 heavy (non-hydrogen) atoms. The number of rotatable bonds is 4. The van der Waals surface area contributed by atoms with Crippen LogP contribution in [-0.2, 0) is 0 Å². The minimum Gasteiger partial charge on any atom is -0.454 e. The van der Waals surface area contributed by atoms with E-state index in [1.54, 1.807) is 24.3 Å². The molecule has 0 bridgehead atoms. The molecule has 0 saturated heterocycles. The number of benzene rings is 2. The summed E-state index contributed by atoms with van der Waals surface area (Å²) in [5, 5.41) is 15.0. The van der Waals surface area contributed by atoms with Crippen molar-refractivity contribution >= 4 is 11.7 Å². The van der Waals surface area contributed by atoms with Gasteiger partial charge in [0, 0.05) is 23.9 Å². The molecule has 2 aromatic carbocycles. The molecule has 2 amide bonds. The molecule has 7 heteroatoms. The summed E-state index contributed by atoms with van der Waals surface area (Å²) in [5.74, 6) is 0.651. The predicted molar refractivity (Wildman–Crippen MR) is 80.9 cm³/mol. The Morgan fingerprint density at radius 3 is 2.83 bits per heavy atom. The molecule has 0 saturated carbocycles. The summed E-state index contributed by atoms with van der Waals surface area (Å²) in [6.45, 7) is 0.0388. The van der Waals surface area contributed by atoms with E-state index in [-0.39, 0.29) is 18.9 Å². The molecule has 0 radical (unpaired) electrons. The van der Waals surface area contributed by atoms with Crippen LogP contribution < -0.4 is 20.1 Å². The molecule has 0 unspecified atom stereocenters. The molecule has 0 aliphatic carbocycles. The van der Waals surface area contributed by atoms with Crippen LogP contribution in [0.2, 0.25) is 0 Å². The first-order chi connectivity index (χ1) is 11.1. The lowest BCUT2D eigenvalue weighted by molar-refractivity contribution is 0.170. The van der Waals surface area contributed by atoms with Gasteiger partial charge in [-0.05, 0) is 18.2 Å². The van der Waals surface area contributed by atoms with Crippen molar-refractivity contribution in [2.75, 3.05) is 18.7 Å². The summed E-state index contributed by atoms with van der Waals surface area (Å²) in [6, 6.07) is 10.4. The minimum absolute atomic E-state index is 0.114. The van der Waals surface area contributed by atoms with Gasteiger partial charge in [0.05, 0.1) is 6.10 Å². The highest BCUT2D eigenvalue weighted by Crippen LogP contribution is 2.34. The van der Waals surface area contributed by atoms with Crippen LogP contribution in [0.25, 0.3) is 0 Å². The summed E-state index contributed by atoms with van der Waals surface area (Å²) in [7, 11) is 0. The highest BCUT2D eigenvalue weighted by Gasteiger charge is 2.15. The van der Waals surface area contributed by atoms with Crippen molar-refractivity contribution in [2.24, 2.45) is 0 Å². The number of fused-ring (bicyclic) bond motifs is 1. The summed E-state index contributed by atoms with van der Waals surface area (Å²) >= 11 is 0. The Balaban J connectivity index is 1.54.